The summed E-state index contributed by atoms with van der Waals surface area (Å²) in [5, 5.41) is 14.6. The Bertz CT molecular complexity index is 1460. The van der Waals surface area contributed by atoms with Gasteiger partial charge in [-0.3, -0.25) is 4.79 Å². The average Bonchev–Trinajstić information content (AvgIpc) is 3.46. The molecule has 0 aliphatic heterocycles. The Hall–Kier alpha value is -4.40. The molecule has 4 N–H and O–H groups in total. The van der Waals surface area contributed by atoms with Gasteiger partial charge in [-0.2, -0.15) is 5.10 Å². The van der Waals surface area contributed by atoms with E-state index in [1.807, 2.05) is 31.2 Å². The zero-order valence-electron chi connectivity index (χ0n) is 16.5. The number of nitrogens with zero attached hydrogens (tertiary/aromatic N) is 4. The summed E-state index contributed by atoms with van der Waals surface area (Å²) < 4.78 is 3.07. The van der Waals surface area contributed by atoms with Gasteiger partial charge in [0.1, 0.15) is 5.82 Å². The Morgan fingerprint density at radius 2 is 1.97 bits per heavy atom. The highest BCUT2D eigenvalue weighted by molar-refractivity contribution is 6.12. The molecule has 0 bridgehead atoms. The third-order valence-electron chi connectivity index (χ3n) is 5.31. The average molecular weight is 414 g/mol. The summed E-state index contributed by atoms with van der Waals surface area (Å²) in [5.74, 6) is -1.19. The van der Waals surface area contributed by atoms with E-state index in [-0.39, 0.29) is 23.0 Å². The summed E-state index contributed by atoms with van der Waals surface area (Å²) in [5.41, 5.74) is 9.62. The highest BCUT2D eigenvalue weighted by atomic mass is 16.4. The zero-order chi connectivity index (χ0) is 21.7. The fraction of sp³-hybridized carbons (Fsp3) is 0.0909. The minimum Gasteiger partial charge on any atom is -0.475 e. The Labute approximate surface area is 175 Å². The number of hydrogen-bond acceptors (Lipinski definition) is 5. The molecular formula is C22H18N6O3. The van der Waals surface area contributed by atoms with Crippen molar-refractivity contribution in [2.75, 3.05) is 5.73 Å². The molecule has 0 amide bonds. The van der Waals surface area contributed by atoms with Crippen LogP contribution in [0.1, 0.15) is 33.6 Å². The lowest BCUT2D eigenvalue weighted by Gasteiger charge is -2.06. The van der Waals surface area contributed by atoms with E-state index in [2.05, 4.69) is 15.1 Å². The van der Waals surface area contributed by atoms with Crippen molar-refractivity contribution in [1.29, 1.82) is 0 Å². The van der Waals surface area contributed by atoms with Crippen LogP contribution in [0.2, 0.25) is 0 Å². The van der Waals surface area contributed by atoms with Gasteiger partial charge < -0.3 is 20.4 Å². The Kier molecular flexibility index (Phi) is 4.11. The van der Waals surface area contributed by atoms with Gasteiger partial charge in [0.05, 0.1) is 34.2 Å². The minimum atomic E-state index is -1.09. The molecule has 31 heavy (non-hydrogen) atoms. The molecule has 5 rings (SSSR count). The number of imidazole rings is 1. The van der Waals surface area contributed by atoms with Crippen molar-refractivity contribution in [3.8, 4) is 5.69 Å². The Morgan fingerprint density at radius 1 is 1.16 bits per heavy atom. The number of aromatic nitrogens is 5. The van der Waals surface area contributed by atoms with Crippen molar-refractivity contribution in [3.05, 3.63) is 71.8 Å². The van der Waals surface area contributed by atoms with Crippen LogP contribution in [0.4, 0.5) is 5.82 Å². The molecule has 0 atom stereocenters. The first-order chi connectivity index (χ1) is 15.0. The van der Waals surface area contributed by atoms with Gasteiger partial charge in [-0.15, -0.1) is 0 Å². The first-order valence-corrected chi connectivity index (χ1v) is 9.68. The quantitative estimate of drug-likeness (QED) is 0.378. The Balaban J connectivity index is 1.55. The monoisotopic (exact) mass is 414 g/mol. The van der Waals surface area contributed by atoms with Crippen molar-refractivity contribution in [2.24, 2.45) is 0 Å². The normalized spacial score (nSPS) is 11.4. The van der Waals surface area contributed by atoms with Gasteiger partial charge in [0.25, 0.3) is 0 Å². The number of carboxylic acids is 1. The van der Waals surface area contributed by atoms with Gasteiger partial charge in [0, 0.05) is 17.4 Å². The zero-order valence-corrected chi connectivity index (χ0v) is 16.5. The van der Waals surface area contributed by atoms with E-state index in [0.29, 0.717) is 29.0 Å². The van der Waals surface area contributed by atoms with E-state index in [1.54, 1.807) is 28.8 Å². The van der Waals surface area contributed by atoms with Crippen LogP contribution in [-0.4, -0.2) is 41.2 Å². The number of carboxylic acid groups (broad SMARTS) is 1. The molecule has 2 aromatic carbocycles. The predicted octanol–water partition coefficient (Wildman–Crippen LogP) is 3.23. The number of aromatic carboxylic acids is 1. The maximum atomic E-state index is 13.0. The number of aryl methyl sites for hydroxylation is 1. The minimum absolute atomic E-state index is 0.0298. The molecule has 0 unspecified atom stereocenters. The molecule has 0 aliphatic carbocycles. The molecule has 154 valence electrons. The summed E-state index contributed by atoms with van der Waals surface area (Å²) in [7, 11) is 0. The molecule has 0 radical (unpaired) electrons. The summed E-state index contributed by atoms with van der Waals surface area (Å²) >= 11 is 0. The number of hydrogen-bond donors (Lipinski definition) is 3. The van der Waals surface area contributed by atoms with Crippen molar-refractivity contribution in [3.63, 3.8) is 0 Å². The summed E-state index contributed by atoms with van der Waals surface area (Å²) in [4.78, 5) is 31.8. The molecule has 3 heterocycles. The van der Waals surface area contributed by atoms with Gasteiger partial charge in [-0.05, 0) is 37.3 Å². The van der Waals surface area contributed by atoms with Crippen LogP contribution >= 0.6 is 0 Å². The van der Waals surface area contributed by atoms with Crippen LogP contribution in [0.5, 0.6) is 0 Å². The molecule has 3 aromatic heterocycles. The first kappa shape index (κ1) is 18.6. The number of benzene rings is 2. The number of nitrogens with two attached hydrogens (primary N) is 1. The second kappa shape index (κ2) is 6.84. The standard InChI is InChI=1S/C22H18N6O3/c1-2-27-18-8-7-13(10-16(18)26-21(27)22(30)31)28-20(23)14(11-24-28)19(29)17-9-12-5-3-4-6-15(12)25-17/h3-11,25H,2,23H2,1H3,(H,30,31). The van der Waals surface area contributed by atoms with Crippen LogP contribution in [0.25, 0.3) is 27.6 Å². The second-order valence-corrected chi connectivity index (χ2v) is 7.11. The largest absolute Gasteiger partial charge is 0.475 e. The van der Waals surface area contributed by atoms with E-state index in [0.717, 1.165) is 10.9 Å². The number of anilines is 1. The number of para-hydroxylation sites is 1. The molecule has 0 saturated carbocycles. The van der Waals surface area contributed by atoms with Crippen molar-refractivity contribution >= 4 is 39.5 Å². The van der Waals surface area contributed by atoms with Gasteiger partial charge in [-0.1, -0.05) is 18.2 Å². The van der Waals surface area contributed by atoms with Gasteiger partial charge in [-0.25, -0.2) is 14.5 Å². The second-order valence-electron chi connectivity index (χ2n) is 7.11. The molecule has 5 aromatic rings. The first-order valence-electron chi connectivity index (χ1n) is 9.68. The highest BCUT2D eigenvalue weighted by Crippen LogP contribution is 2.25. The van der Waals surface area contributed by atoms with E-state index in [1.165, 1.54) is 10.9 Å². The molecule has 0 fully saturated rings. The van der Waals surface area contributed by atoms with Crippen LogP contribution < -0.4 is 5.73 Å². The van der Waals surface area contributed by atoms with Crippen molar-refractivity contribution < 1.29 is 14.7 Å². The topological polar surface area (TPSA) is 132 Å². The SMILES string of the molecule is CCn1c(C(=O)O)nc2cc(-n3ncc(C(=O)c4cc5ccccc5[nH]4)c3N)ccc21. The van der Waals surface area contributed by atoms with Crippen molar-refractivity contribution in [1.82, 2.24) is 24.3 Å². The predicted molar refractivity (Wildman–Crippen MR) is 116 cm³/mol. The summed E-state index contributed by atoms with van der Waals surface area (Å²) in [6, 6.07) is 14.6. The van der Waals surface area contributed by atoms with E-state index < -0.39 is 5.97 Å². The molecule has 0 spiro atoms. The molecular weight excluding hydrogens is 396 g/mol. The smallest absolute Gasteiger partial charge is 0.372 e. The van der Waals surface area contributed by atoms with Crippen LogP contribution in [0.15, 0.2) is 54.7 Å². The number of nitrogen functional groups attached to an aromatic ring is 1. The Morgan fingerprint density at radius 3 is 2.71 bits per heavy atom. The highest BCUT2D eigenvalue weighted by Gasteiger charge is 2.21. The number of ketones is 1. The summed E-state index contributed by atoms with van der Waals surface area (Å²) in [6.45, 7) is 2.33. The van der Waals surface area contributed by atoms with E-state index in [4.69, 9.17) is 5.73 Å². The van der Waals surface area contributed by atoms with E-state index in [9.17, 15) is 14.7 Å². The lowest BCUT2D eigenvalue weighted by atomic mass is 10.1. The van der Waals surface area contributed by atoms with E-state index >= 15 is 0 Å². The van der Waals surface area contributed by atoms with Crippen LogP contribution in [0.3, 0.4) is 0 Å². The fourth-order valence-corrected chi connectivity index (χ4v) is 3.81. The number of H-pyrrole nitrogens is 1. The lowest BCUT2D eigenvalue weighted by molar-refractivity contribution is 0.0679. The maximum Gasteiger partial charge on any atom is 0.372 e. The number of rotatable bonds is 5. The third-order valence-corrected chi connectivity index (χ3v) is 5.31. The summed E-state index contributed by atoms with van der Waals surface area (Å²) in [6.07, 6.45) is 1.43. The molecule has 9 heteroatoms. The lowest BCUT2D eigenvalue weighted by Crippen LogP contribution is -2.08. The maximum absolute atomic E-state index is 13.0. The van der Waals surface area contributed by atoms with Crippen molar-refractivity contribution in [2.45, 2.75) is 13.5 Å². The molecule has 0 saturated heterocycles. The van der Waals surface area contributed by atoms with Crippen LogP contribution in [0, 0.1) is 0 Å². The number of carbonyl (C=O) groups excluding carboxylic acids is 1. The number of nitrogens with one attached hydrogen (secondary N) is 1. The number of carbonyl (C=O) groups is 2. The van der Waals surface area contributed by atoms with Gasteiger partial charge in [0.15, 0.2) is 0 Å². The third kappa shape index (κ3) is 2.86. The van der Waals surface area contributed by atoms with Crippen LogP contribution in [-0.2, 0) is 6.54 Å². The molecule has 9 nitrogen and oxygen atoms in total. The van der Waals surface area contributed by atoms with Gasteiger partial charge >= 0.3 is 5.97 Å². The number of aromatic amines is 1. The molecule has 0 aliphatic rings. The van der Waals surface area contributed by atoms with Gasteiger partial charge in [0.2, 0.25) is 11.6 Å². The number of fused-ring (bicyclic) bond motifs is 2. The fourth-order valence-electron chi connectivity index (χ4n) is 3.81.